The number of piperidine rings is 1. The van der Waals surface area contributed by atoms with Gasteiger partial charge in [-0.25, -0.2) is 0 Å². The van der Waals surface area contributed by atoms with E-state index in [9.17, 15) is 0 Å². The van der Waals surface area contributed by atoms with Crippen molar-refractivity contribution in [1.82, 2.24) is 4.90 Å². The van der Waals surface area contributed by atoms with Crippen molar-refractivity contribution in [2.24, 2.45) is 0 Å². The zero-order chi connectivity index (χ0) is 10.8. The summed E-state index contributed by atoms with van der Waals surface area (Å²) < 4.78 is 11.4. The van der Waals surface area contributed by atoms with Gasteiger partial charge in [-0.15, -0.1) is 0 Å². The molecule has 0 atom stereocenters. The number of hydrogen-bond acceptors (Lipinski definition) is 3. The summed E-state index contributed by atoms with van der Waals surface area (Å²) in [5.41, 5.74) is 1.46. The van der Waals surface area contributed by atoms with E-state index in [4.69, 9.17) is 9.47 Å². The Bertz CT molecular complexity index is 306. The number of nitrogens with zero attached hydrogens (tertiary/aromatic N) is 1. The van der Waals surface area contributed by atoms with Gasteiger partial charge in [0.25, 0.3) is 0 Å². The van der Waals surface area contributed by atoms with Crippen LogP contribution in [0, 0.1) is 0 Å². The third-order valence-electron chi connectivity index (χ3n) is 3.69. The molecule has 3 heteroatoms. The fourth-order valence-electron chi connectivity index (χ4n) is 2.72. The molecule has 2 aliphatic heterocycles. The lowest BCUT2D eigenvalue weighted by Crippen LogP contribution is -2.45. The Morgan fingerprint density at radius 2 is 1.94 bits per heavy atom. The third kappa shape index (κ3) is 2.08. The molecule has 3 rings (SSSR count). The van der Waals surface area contributed by atoms with Crippen molar-refractivity contribution in [2.45, 2.75) is 25.0 Å². The van der Waals surface area contributed by atoms with Gasteiger partial charge in [0.1, 0.15) is 0 Å². The van der Waals surface area contributed by atoms with Gasteiger partial charge >= 0.3 is 0 Å². The fourth-order valence-corrected chi connectivity index (χ4v) is 2.72. The van der Waals surface area contributed by atoms with Crippen LogP contribution >= 0.6 is 0 Å². The predicted molar refractivity (Wildman–Crippen MR) is 62.1 cm³/mol. The maximum Gasteiger partial charge on any atom is 0.170 e. The smallest absolute Gasteiger partial charge is 0.170 e. The van der Waals surface area contributed by atoms with E-state index in [1.807, 2.05) is 0 Å². The first-order chi connectivity index (χ1) is 7.86. The number of ether oxygens (including phenoxy) is 2. The number of likely N-dealkylation sites (tertiary alicyclic amines) is 1. The largest absolute Gasteiger partial charge is 0.347 e. The van der Waals surface area contributed by atoms with Crippen molar-refractivity contribution >= 4 is 0 Å². The summed E-state index contributed by atoms with van der Waals surface area (Å²) in [5.74, 6) is -0.226. The molecule has 1 aliphatic carbocycles. The van der Waals surface area contributed by atoms with Crippen molar-refractivity contribution in [3.63, 3.8) is 0 Å². The maximum absolute atomic E-state index is 5.72. The molecule has 2 saturated heterocycles. The van der Waals surface area contributed by atoms with Crippen LogP contribution in [0.15, 0.2) is 23.8 Å². The Balaban J connectivity index is 1.52. The molecule has 88 valence electrons. The Kier molecular flexibility index (Phi) is 2.84. The molecule has 0 aromatic heterocycles. The summed E-state index contributed by atoms with van der Waals surface area (Å²) in [5, 5.41) is 0. The monoisotopic (exact) mass is 221 g/mol. The van der Waals surface area contributed by atoms with Gasteiger partial charge in [-0.2, -0.15) is 0 Å². The average molecular weight is 221 g/mol. The van der Waals surface area contributed by atoms with E-state index in [-0.39, 0.29) is 5.79 Å². The number of allylic oxidation sites excluding steroid dienone is 2. The standard InChI is InChI=1S/C13H19NO2/c1-2-4-12(3-1)11-14-7-5-13(6-8-14)15-9-10-16-13/h1,3-4H,2,5-11H2. The molecule has 0 radical (unpaired) electrons. The summed E-state index contributed by atoms with van der Waals surface area (Å²) in [6, 6.07) is 0. The first-order valence-corrected chi connectivity index (χ1v) is 6.22. The number of rotatable bonds is 2. The SMILES string of the molecule is C1=CC(CN2CCC3(CC2)OCCO3)=CC1. The van der Waals surface area contributed by atoms with Gasteiger partial charge in [0.15, 0.2) is 5.79 Å². The Labute approximate surface area is 96.7 Å². The van der Waals surface area contributed by atoms with Crippen molar-refractivity contribution in [3.8, 4) is 0 Å². The second-order valence-electron chi connectivity index (χ2n) is 4.80. The van der Waals surface area contributed by atoms with Crippen LogP contribution in [-0.4, -0.2) is 43.5 Å². The van der Waals surface area contributed by atoms with Crippen LogP contribution in [0.25, 0.3) is 0 Å². The quantitative estimate of drug-likeness (QED) is 0.708. The third-order valence-corrected chi connectivity index (χ3v) is 3.69. The van der Waals surface area contributed by atoms with Crippen LogP contribution in [0.2, 0.25) is 0 Å². The van der Waals surface area contributed by atoms with Crippen LogP contribution in [0.5, 0.6) is 0 Å². The first-order valence-electron chi connectivity index (χ1n) is 6.22. The highest BCUT2D eigenvalue weighted by Crippen LogP contribution is 2.31. The molecule has 2 fully saturated rings. The van der Waals surface area contributed by atoms with Crippen LogP contribution in [-0.2, 0) is 9.47 Å². The number of hydrogen-bond donors (Lipinski definition) is 0. The molecular formula is C13H19NO2. The normalized spacial score (nSPS) is 28.9. The van der Waals surface area contributed by atoms with Crippen LogP contribution in [0.1, 0.15) is 19.3 Å². The van der Waals surface area contributed by atoms with Crippen molar-refractivity contribution < 1.29 is 9.47 Å². The summed E-state index contributed by atoms with van der Waals surface area (Å²) in [4.78, 5) is 2.50. The average Bonchev–Trinajstić information content (AvgIpc) is 2.94. The molecule has 3 nitrogen and oxygen atoms in total. The lowest BCUT2D eigenvalue weighted by molar-refractivity contribution is -0.184. The minimum absolute atomic E-state index is 0.226. The summed E-state index contributed by atoms with van der Waals surface area (Å²) >= 11 is 0. The Morgan fingerprint density at radius 1 is 1.19 bits per heavy atom. The van der Waals surface area contributed by atoms with Crippen LogP contribution in [0.3, 0.4) is 0 Å². The molecule has 0 saturated carbocycles. The first kappa shape index (κ1) is 10.5. The zero-order valence-corrected chi connectivity index (χ0v) is 9.65. The lowest BCUT2D eigenvalue weighted by Gasteiger charge is -2.37. The predicted octanol–water partition coefficient (Wildman–Crippen LogP) is 1.71. The fraction of sp³-hybridized carbons (Fsp3) is 0.692. The Hall–Kier alpha value is -0.640. The van der Waals surface area contributed by atoms with E-state index in [1.54, 1.807) is 0 Å². The van der Waals surface area contributed by atoms with Gasteiger partial charge in [-0.05, 0) is 12.0 Å². The van der Waals surface area contributed by atoms with E-state index < -0.39 is 0 Å². The molecule has 3 aliphatic rings. The van der Waals surface area contributed by atoms with E-state index in [1.165, 1.54) is 5.57 Å². The van der Waals surface area contributed by atoms with E-state index in [0.29, 0.717) is 0 Å². The minimum atomic E-state index is -0.226. The summed E-state index contributed by atoms with van der Waals surface area (Å²) in [7, 11) is 0. The molecule has 0 aromatic carbocycles. The molecule has 0 amide bonds. The van der Waals surface area contributed by atoms with Gasteiger partial charge in [0.05, 0.1) is 13.2 Å². The molecular weight excluding hydrogens is 202 g/mol. The summed E-state index contributed by atoms with van der Waals surface area (Å²) in [6.45, 7) is 4.81. The molecule has 0 unspecified atom stereocenters. The van der Waals surface area contributed by atoms with Gasteiger partial charge in [0, 0.05) is 32.5 Å². The van der Waals surface area contributed by atoms with E-state index >= 15 is 0 Å². The highest BCUT2D eigenvalue weighted by molar-refractivity contribution is 5.27. The second kappa shape index (κ2) is 4.32. The molecule has 0 bridgehead atoms. The molecule has 0 aromatic rings. The molecule has 16 heavy (non-hydrogen) atoms. The highest BCUT2D eigenvalue weighted by Gasteiger charge is 2.39. The molecule has 2 heterocycles. The highest BCUT2D eigenvalue weighted by atomic mass is 16.7. The van der Waals surface area contributed by atoms with Gasteiger partial charge in [-0.1, -0.05) is 18.2 Å². The zero-order valence-electron chi connectivity index (χ0n) is 9.65. The van der Waals surface area contributed by atoms with E-state index in [0.717, 1.165) is 52.1 Å². The van der Waals surface area contributed by atoms with Crippen LogP contribution < -0.4 is 0 Å². The van der Waals surface area contributed by atoms with Crippen molar-refractivity contribution in [3.05, 3.63) is 23.8 Å². The topological polar surface area (TPSA) is 21.7 Å². The maximum atomic E-state index is 5.72. The van der Waals surface area contributed by atoms with Crippen LogP contribution in [0.4, 0.5) is 0 Å². The minimum Gasteiger partial charge on any atom is -0.347 e. The van der Waals surface area contributed by atoms with E-state index in [2.05, 4.69) is 23.1 Å². The lowest BCUT2D eigenvalue weighted by atomic mass is 10.0. The molecule has 1 spiro atoms. The summed E-state index contributed by atoms with van der Waals surface area (Å²) in [6.07, 6.45) is 9.93. The Morgan fingerprint density at radius 3 is 2.56 bits per heavy atom. The van der Waals surface area contributed by atoms with Crippen molar-refractivity contribution in [2.75, 3.05) is 32.8 Å². The molecule has 0 N–H and O–H groups in total. The van der Waals surface area contributed by atoms with Crippen molar-refractivity contribution in [1.29, 1.82) is 0 Å². The van der Waals surface area contributed by atoms with Gasteiger partial charge < -0.3 is 9.47 Å². The second-order valence-corrected chi connectivity index (χ2v) is 4.80. The van der Waals surface area contributed by atoms with Gasteiger partial charge in [-0.3, -0.25) is 4.90 Å². The van der Waals surface area contributed by atoms with Gasteiger partial charge in [0.2, 0.25) is 0 Å².